The second-order valence-electron chi connectivity index (χ2n) is 6.89. The number of quaternary nitrogens is 1. The standard InChI is InChI=1S/C22H24ClN3O3/c1-29-18-6-4-5-17(15-18)9-10-22(28)26-13-11-25(12-14-26)16-21(27)24-20-8-3-2-7-19(20)23/h2-10,15H,11-14,16H2,1H3,(H,24,27)/p+1/b10-9+. The molecule has 152 valence electrons. The predicted octanol–water partition coefficient (Wildman–Crippen LogP) is 1.73. The molecule has 0 aliphatic carbocycles. The molecule has 0 atom stereocenters. The van der Waals surface area contributed by atoms with E-state index >= 15 is 0 Å². The van der Waals surface area contributed by atoms with Crippen LogP contribution in [0.4, 0.5) is 5.69 Å². The number of carbonyl (C=O) groups is 2. The van der Waals surface area contributed by atoms with Crippen molar-refractivity contribution in [3.8, 4) is 5.75 Å². The molecule has 29 heavy (non-hydrogen) atoms. The Bertz CT molecular complexity index is 892. The molecular formula is C22H25ClN3O3+. The molecule has 1 saturated heterocycles. The normalized spacial score (nSPS) is 14.8. The van der Waals surface area contributed by atoms with Gasteiger partial charge in [0.05, 0.1) is 44.0 Å². The molecule has 0 bridgehead atoms. The number of nitrogens with zero attached hydrogens (tertiary/aromatic N) is 1. The molecule has 2 aromatic rings. The van der Waals surface area contributed by atoms with E-state index in [1.165, 1.54) is 0 Å². The fourth-order valence-corrected chi connectivity index (χ4v) is 3.41. The SMILES string of the molecule is COc1cccc(/C=C/C(=O)N2CC[NH+](CC(=O)Nc3ccccc3Cl)CC2)c1. The Hall–Kier alpha value is -2.83. The van der Waals surface area contributed by atoms with Crippen molar-refractivity contribution in [3.05, 3.63) is 65.2 Å². The maximum absolute atomic E-state index is 12.4. The van der Waals surface area contributed by atoms with Crippen LogP contribution in [0.15, 0.2) is 54.6 Å². The fourth-order valence-electron chi connectivity index (χ4n) is 3.22. The molecular weight excluding hydrogens is 390 g/mol. The molecule has 0 aromatic heterocycles. The van der Waals surface area contributed by atoms with Crippen LogP contribution in [0.3, 0.4) is 0 Å². The van der Waals surface area contributed by atoms with Crippen LogP contribution in [0.1, 0.15) is 5.56 Å². The third-order valence-corrected chi connectivity index (χ3v) is 5.18. The molecule has 1 fully saturated rings. The van der Waals surface area contributed by atoms with Crippen molar-refractivity contribution in [3.63, 3.8) is 0 Å². The van der Waals surface area contributed by atoms with Gasteiger partial charge in [0.15, 0.2) is 6.54 Å². The van der Waals surface area contributed by atoms with Crippen molar-refractivity contribution >= 4 is 35.2 Å². The first-order chi connectivity index (χ1) is 14.0. The van der Waals surface area contributed by atoms with Gasteiger partial charge in [-0.1, -0.05) is 35.9 Å². The molecule has 6 nitrogen and oxygen atoms in total. The van der Waals surface area contributed by atoms with Crippen LogP contribution in [-0.4, -0.2) is 56.5 Å². The number of amides is 2. The Morgan fingerprint density at radius 2 is 1.93 bits per heavy atom. The smallest absolute Gasteiger partial charge is 0.279 e. The number of rotatable bonds is 6. The number of para-hydroxylation sites is 1. The highest BCUT2D eigenvalue weighted by atomic mass is 35.5. The average Bonchev–Trinajstić information content (AvgIpc) is 2.74. The largest absolute Gasteiger partial charge is 0.497 e. The lowest BCUT2D eigenvalue weighted by Crippen LogP contribution is -3.15. The van der Waals surface area contributed by atoms with Gasteiger partial charge in [-0.05, 0) is 35.9 Å². The molecule has 2 aromatic carbocycles. The summed E-state index contributed by atoms with van der Waals surface area (Å²) in [7, 11) is 1.62. The number of piperazine rings is 1. The monoisotopic (exact) mass is 414 g/mol. The highest BCUT2D eigenvalue weighted by Crippen LogP contribution is 2.20. The van der Waals surface area contributed by atoms with Crippen LogP contribution in [-0.2, 0) is 9.59 Å². The van der Waals surface area contributed by atoms with Crippen molar-refractivity contribution in [1.29, 1.82) is 0 Å². The minimum Gasteiger partial charge on any atom is -0.497 e. The van der Waals surface area contributed by atoms with E-state index in [1.54, 1.807) is 31.4 Å². The minimum absolute atomic E-state index is 0.0209. The van der Waals surface area contributed by atoms with Crippen molar-refractivity contribution in [1.82, 2.24) is 4.90 Å². The van der Waals surface area contributed by atoms with Crippen molar-refractivity contribution in [2.24, 2.45) is 0 Å². The molecule has 1 aliphatic heterocycles. The summed E-state index contributed by atoms with van der Waals surface area (Å²) < 4.78 is 5.19. The van der Waals surface area contributed by atoms with Gasteiger partial charge in [-0.2, -0.15) is 0 Å². The highest BCUT2D eigenvalue weighted by molar-refractivity contribution is 6.33. The van der Waals surface area contributed by atoms with E-state index in [0.717, 1.165) is 29.3 Å². The zero-order valence-electron chi connectivity index (χ0n) is 16.4. The number of benzene rings is 2. The number of ether oxygens (including phenoxy) is 1. The summed E-state index contributed by atoms with van der Waals surface area (Å²) in [5.41, 5.74) is 1.54. The van der Waals surface area contributed by atoms with Gasteiger partial charge in [-0.25, -0.2) is 0 Å². The second-order valence-corrected chi connectivity index (χ2v) is 7.30. The molecule has 3 rings (SSSR count). The first-order valence-electron chi connectivity index (χ1n) is 9.54. The Balaban J connectivity index is 1.46. The molecule has 2 N–H and O–H groups in total. The number of halogens is 1. The first kappa shape index (κ1) is 20.9. The third-order valence-electron chi connectivity index (χ3n) is 4.85. The number of methoxy groups -OCH3 is 1. The van der Waals surface area contributed by atoms with Gasteiger partial charge in [0.25, 0.3) is 5.91 Å². The van der Waals surface area contributed by atoms with E-state index in [1.807, 2.05) is 41.3 Å². The highest BCUT2D eigenvalue weighted by Gasteiger charge is 2.24. The van der Waals surface area contributed by atoms with Crippen LogP contribution in [0.25, 0.3) is 6.08 Å². The van der Waals surface area contributed by atoms with Crippen molar-refractivity contribution in [2.45, 2.75) is 0 Å². The van der Waals surface area contributed by atoms with Crippen LogP contribution in [0.5, 0.6) is 5.75 Å². The summed E-state index contributed by atoms with van der Waals surface area (Å²) in [6.07, 6.45) is 3.38. The van der Waals surface area contributed by atoms with Gasteiger partial charge in [-0.3, -0.25) is 9.59 Å². The molecule has 0 saturated carbocycles. The number of hydrogen-bond acceptors (Lipinski definition) is 3. The van der Waals surface area contributed by atoms with Gasteiger partial charge >= 0.3 is 0 Å². The quantitative estimate of drug-likeness (QED) is 0.707. The van der Waals surface area contributed by atoms with Gasteiger partial charge < -0.3 is 19.9 Å². The zero-order chi connectivity index (χ0) is 20.6. The Labute approximate surface area is 175 Å². The lowest BCUT2D eigenvalue weighted by Gasteiger charge is -2.31. The molecule has 7 heteroatoms. The number of nitrogens with one attached hydrogen (secondary N) is 2. The van der Waals surface area contributed by atoms with Crippen LogP contribution < -0.4 is 15.0 Å². The predicted molar refractivity (Wildman–Crippen MR) is 114 cm³/mol. The van der Waals surface area contributed by atoms with Crippen LogP contribution in [0, 0.1) is 0 Å². The van der Waals surface area contributed by atoms with E-state index in [9.17, 15) is 9.59 Å². The molecule has 0 spiro atoms. The molecule has 0 radical (unpaired) electrons. The topological polar surface area (TPSA) is 63.1 Å². The molecule has 0 unspecified atom stereocenters. The van der Waals surface area contributed by atoms with Crippen LogP contribution >= 0.6 is 11.6 Å². The average molecular weight is 415 g/mol. The summed E-state index contributed by atoms with van der Waals surface area (Å²) in [5, 5.41) is 3.37. The van der Waals surface area contributed by atoms with Crippen molar-refractivity contribution in [2.75, 3.05) is 45.2 Å². The fraction of sp³-hybridized carbons (Fsp3) is 0.273. The van der Waals surface area contributed by atoms with Crippen LogP contribution in [0.2, 0.25) is 5.02 Å². The van der Waals surface area contributed by atoms with Gasteiger partial charge in [0.2, 0.25) is 5.91 Å². The summed E-state index contributed by atoms with van der Waals surface area (Å²) in [5.74, 6) is 0.657. The molecule has 1 aliphatic rings. The maximum Gasteiger partial charge on any atom is 0.279 e. The summed E-state index contributed by atoms with van der Waals surface area (Å²) in [4.78, 5) is 27.7. The van der Waals surface area contributed by atoms with E-state index in [0.29, 0.717) is 30.3 Å². The Morgan fingerprint density at radius 1 is 1.17 bits per heavy atom. The van der Waals surface area contributed by atoms with E-state index in [-0.39, 0.29) is 11.8 Å². The number of hydrogen-bond donors (Lipinski definition) is 2. The minimum atomic E-state index is -0.0780. The zero-order valence-corrected chi connectivity index (χ0v) is 17.1. The second kappa shape index (κ2) is 10.1. The Kier molecular flexibility index (Phi) is 7.27. The summed E-state index contributed by atoms with van der Waals surface area (Å²) >= 11 is 6.08. The number of carbonyl (C=O) groups excluding carboxylic acids is 2. The first-order valence-corrected chi connectivity index (χ1v) is 9.92. The maximum atomic E-state index is 12.4. The third kappa shape index (κ3) is 6.07. The summed E-state index contributed by atoms with van der Waals surface area (Å²) in [6, 6.07) is 14.7. The lowest BCUT2D eigenvalue weighted by molar-refractivity contribution is -0.895. The van der Waals surface area contributed by atoms with E-state index in [4.69, 9.17) is 16.3 Å². The van der Waals surface area contributed by atoms with Gasteiger partial charge in [0, 0.05) is 6.08 Å². The Morgan fingerprint density at radius 3 is 2.66 bits per heavy atom. The lowest BCUT2D eigenvalue weighted by atomic mass is 10.2. The van der Waals surface area contributed by atoms with E-state index < -0.39 is 0 Å². The molecule has 2 amide bonds. The summed E-state index contributed by atoms with van der Waals surface area (Å²) in [6.45, 7) is 3.06. The van der Waals surface area contributed by atoms with Crippen molar-refractivity contribution < 1.29 is 19.2 Å². The van der Waals surface area contributed by atoms with Gasteiger partial charge in [0.1, 0.15) is 5.75 Å². The molecule has 1 heterocycles. The number of anilines is 1. The van der Waals surface area contributed by atoms with Gasteiger partial charge in [-0.15, -0.1) is 0 Å². The van der Waals surface area contributed by atoms with E-state index in [2.05, 4.69) is 5.32 Å².